The van der Waals surface area contributed by atoms with Gasteiger partial charge in [-0.1, -0.05) is 32.9 Å². The summed E-state index contributed by atoms with van der Waals surface area (Å²) in [5.74, 6) is 0.695. The predicted octanol–water partition coefficient (Wildman–Crippen LogP) is 1.53. The number of quaternary nitrogens is 1. The van der Waals surface area contributed by atoms with E-state index in [0.717, 1.165) is 55.8 Å². The minimum Gasteiger partial charge on any atom is -0.350 e. The van der Waals surface area contributed by atoms with E-state index in [2.05, 4.69) is 40.3 Å². The number of halogens is 1. The molecule has 1 fully saturated rings. The summed E-state index contributed by atoms with van der Waals surface area (Å²) < 4.78 is 17.5. The Kier molecular flexibility index (Phi) is 7.18. The smallest absolute Gasteiger partial charge is 0.220 e. The molecular weight excluding hydrogens is 389 g/mol. The lowest BCUT2D eigenvalue weighted by Gasteiger charge is -2.31. The number of carbonyl (C=O) groups excluding carboxylic acids is 1. The molecule has 0 spiro atoms. The number of nitrogens with zero attached hydrogens (tertiary/aromatic N) is 3. The molecule has 1 saturated heterocycles. The zero-order chi connectivity index (χ0) is 20.9. The van der Waals surface area contributed by atoms with Crippen LogP contribution in [0.15, 0.2) is 24.3 Å². The Morgan fingerprint density at radius 3 is 2.59 bits per heavy atom. The molecule has 2 aromatic rings. The minimum absolute atomic E-state index is 0.0276. The molecule has 1 aromatic heterocycles. The van der Waals surface area contributed by atoms with E-state index in [0.29, 0.717) is 12.8 Å². The first-order chi connectivity index (χ1) is 13.8. The molecule has 0 aliphatic carbocycles. The minimum atomic E-state index is -0.227. The second-order valence-electron chi connectivity index (χ2n) is 8.87. The van der Waals surface area contributed by atoms with E-state index in [1.165, 1.54) is 28.6 Å². The fourth-order valence-corrected chi connectivity index (χ4v) is 4.15. The third kappa shape index (κ3) is 7.04. The van der Waals surface area contributed by atoms with Crippen LogP contribution in [0.4, 0.5) is 9.52 Å². The highest BCUT2D eigenvalue weighted by Crippen LogP contribution is 2.19. The Morgan fingerprint density at radius 2 is 1.93 bits per heavy atom. The molecule has 2 N–H and O–H groups in total. The van der Waals surface area contributed by atoms with Crippen LogP contribution >= 0.6 is 11.5 Å². The number of hydrogen-bond acceptors (Lipinski definition) is 5. The standard InChI is InChI=1S/C21H30FN5OS/c1-21(2,3)15-19(28)23-8-9-26-10-12-27(13-11-26)20-24-18(25-29-20)14-16-4-6-17(22)7-5-16/h4-7H,8-15H2,1-3H3,(H,23,28)/p+1. The molecule has 0 bridgehead atoms. The van der Waals surface area contributed by atoms with Crippen molar-refractivity contribution in [1.82, 2.24) is 14.7 Å². The summed E-state index contributed by atoms with van der Waals surface area (Å²) >= 11 is 1.43. The van der Waals surface area contributed by atoms with Gasteiger partial charge in [-0.25, -0.2) is 9.37 Å². The molecule has 6 nitrogen and oxygen atoms in total. The number of hydrogen-bond donors (Lipinski definition) is 2. The van der Waals surface area contributed by atoms with Crippen molar-refractivity contribution in [1.29, 1.82) is 0 Å². The number of benzene rings is 1. The monoisotopic (exact) mass is 420 g/mol. The van der Waals surface area contributed by atoms with Crippen LogP contribution in [0, 0.1) is 11.2 Å². The Bertz CT molecular complexity index is 794. The highest BCUT2D eigenvalue weighted by molar-refractivity contribution is 7.09. The van der Waals surface area contributed by atoms with E-state index in [1.54, 1.807) is 12.1 Å². The van der Waals surface area contributed by atoms with Gasteiger partial charge in [-0.15, -0.1) is 0 Å². The number of anilines is 1. The zero-order valence-corrected chi connectivity index (χ0v) is 18.3. The first-order valence-electron chi connectivity index (χ1n) is 10.2. The average molecular weight is 421 g/mol. The summed E-state index contributed by atoms with van der Waals surface area (Å²) in [5, 5.41) is 4.00. The molecule has 158 valence electrons. The molecule has 0 saturated carbocycles. The highest BCUT2D eigenvalue weighted by atomic mass is 32.1. The zero-order valence-electron chi connectivity index (χ0n) is 17.5. The molecule has 1 amide bonds. The average Bonchev–Trinajstić information content (AvgIpc) is 3.11. The summed E-state index contributed by atoms with van der Waals surface area (Å²) in [5.41, 5.74) is 1.04. The largest absolute Gasteiger partial charge is 0.350 e. The number of amides is 1. The summed E-state index contributed by atoms with van der Waals surface area (Å²) in [6.45, 7) is 11.9. The fourth-order valence-electron chi connectivity index (χ4n) is 3.42. The van der Waals surface area contributed by atoms with E-state index in [4.69, 9.17) is 0 Å². The summed E-state index contributed by atoms with van der Waals surface area (Å²) in [6, 6.07) is 6.49. The highest BCUT2D eigenvalue weighted by Gasteiger charge is 2.23. The van der Waals surface area contributed by atoms with Gasteiger partial charge in [-0.3, -0.25) is 4.79 Å². The van der Waals surface area contributed by atoms with Crippen molar-refractivity contribution in [3.05, 3.63) is 41.5 Å². The summed E-state index contributed by atoms with van der Waals surface area (Å²) in [4.78, 5) is 20.4. The topological polar surface area (TPSA) is 62.6 Å². The van der Waals surface area contributed by atoms with Crippen LogP contribution in [-0.2, 0) is 11.2 Å². The number of nitrogens with one attached hydrogen (secondary N) is 2. The molecule has 3 rings (SSSR count). The Labute approximate surface area is 176 Å². The van der Waals surface area contributed by atoms with Gasteiger partial charge in [-0.2, -0.15) is 4.37 Å². The maximum atomic E-state index is 13.0. The number of piperazine rings is 1. The Morgan fingerprint density at radius 1 is 1.24 bits per heavy atom. The molecule has 1 aliphatic heterocycles. The van der Waals surface area contributed by atoms with Gasteiger partial charge < -0.3 is 15.1 Å². The quantitative estimate of drug-likeness (QED) is 0.713. The lowest BCUT2D eigenvalue weighted by molar-refractivity contribution is -0.899. The normalized spacial score (nSPS) is 15.5. The lowest BCUT2D eigenvalue weighted by atomic mass is 9.92. The van der Waals surface area contributed by atoms with Crippen molar-refractivity contribution in [2.45, 2.75) is 33.6 Å². The molecule has 29 heavy (non-hydrogen) atoms. The number of carbonyl (C=O) groups is 1. The van der Waals surface area contributed by atoms with Gasteiger partial charge in [0.05, 0.1) is 39.3 Å². The molecule has 0 unspecified atom stereocenters. The molecule has 1 aliphatic rings. The van der Waals surface area contributed by atoms with E-state index in [1.807, 2.05) is 0 Å². The molecule has 1 aromatic carbocycles. The Hall–Kier alpha value is -2.06. The summed E-state index contributed by atoms with van der Waals surface area (Å²) in [6.07, 6.45) is 1.18. The number of aromatic nitrogens is 2. The lowest BCUT2D eigenvalue weighted by Crippen LogP contribution is -3.15. The van der Waals surface area contributed by atoms with Crippen molar-refractivity contribution in [3.8, 4) is 0 Å². The molecule has 8 heteroatoms. The van der Waals surface area contributed by atoms with Gasteiger partial charge in [0.2, 0.25) is 11.0 Å². The van der Waals surface area contributed by atoms with E-state index in [9.17, 15) is 9.18 Å². The van der Waals surface area contributed by atoms with Crippen molar-refractivity contribution >= 4 is 22.6 Å². The maximum Gasteiger partial charge on any atom is 0.220 e. The van der Waals surface area contributed by atoms with Crippen LogP contribution in [0.25, 0.3) is 0 Å². The van der Waals surface area contributed by atoms with Gasteiger partial charge in [0, 0.05) is 24.4 Å². The van der Waals surface area contributed by atoms with Gasteiger partial charge in [0.1, 0.15) is 11.6 Å². The van der Waals surface area contributed by atoms with Crippen LogP contribution in [0.2, 0.25) is 0 Å². The van der Waals surface area contributed by atoms with Crippen LogP contribution in [0.5, 0.6) is 0 Å². The molecular formula is C21H31FN5OS+. The van der Waals surface area contributed by atoms with Crippen LogP contribution < -0.4 is 15.1 Å². The van der Waals surface area contributed by atoms with Gasteiger partial charge in [0.25, 0.3) is 0 Å². The molecule has 0 radical (unpaired) electrons. The second kappa shape index (κ2) is 9.63. The van der Waals surface area contributed by atoms with Crippen molar-refractivity contribution in [2.75, 3.05) is 44.2 Å². The Balaban J connectivity index is 1.40. The van der Waals surface area contributed by atoms with E-state index < -0.39 is 0 Å². The predicted molar refractivity (Wildman–Crippen MR) is 114 cm³/mol. The second-order valence-corrected chi connectivity index (χ2v) is 9.60. The molecule has 2 heterocycles. The van der Waals surface area contributed by atoms with Crippen LogP contribution in [0.1, 0.15) is 38.6 Å². The van der Waals surface area contributed by atoms with Crippen molar-refractivity contribution in [2.24, 2.45) is 5.41 Å². The first kappa shape index (κ1) is 21.6. The fraction of sp³-hybridized carbons (Fsp3) is 0.571. The summed E-state index contributed by atoms with van der Waals surface area (Å²) in [7, 11) is 0. The number of rotatable bonds is 7. The van der Waals surface area contributed by atoms with Crippen LogP contribution in [0.3, 0.4) is 0 Å². The van der Waals surface area contributed by atoms with Gasteiger partial charge >= 0.3 is 0 Å². The maximum absolute atomic E-state index is 13.0. The molecule has 0 atom stereocenters. The SMILES string of the molecule is CC(C)(C)CC(=O)NCC[NH+]1CCN(c2nc(Cc3ccc(F)cc3)ns2)CC1. The third-order valence-electron chi connectivity index (χ3n) is 4.97. The van der Waals surface area contributed by atoms with E-state index in [-0.39, 0.29) is 17.1 Å². The van der Waals surface area contributed by atoms with Gasteiger partial charge in [0.15, 0.2) is 0 Å². The van der Waals surface area contributed by atoms with Crippen LogP contribution in [-0.4, -0.2) is 54.5 Å². The van der Waals surface area contributed by atoms with Crippen molar-refractivity contribution < 1.29 is 14.1 Å². The third-order valence-corrected chi connectivity index (χ3v) is 5.78. The first-order valence-corrected chi connectivity index (χ1v) is 11.0. The van der Waals surface area contributed by atoms with Gasteiger partial charge in [-0.05, 0) is 23.1 Å². The van der Waals surface area contributed by atoms with E-state index >= 15 is 0 Å². The van der Waals surface area contributed by atoms with Crippen molar-refractivity contribution in [3.63, 3.8) is 0 Å².